The SMILES string of the molecule is COC(=O)c1sc2c(cnc3cc(Br)ccc32)c1O. The number of aromatic nitrogens is 1. The Bertz CT molecular complexity index is 812. The highest BCUT2D eigenvalue weighted by Crippen LogP contribution is 2.40. The lowest BCUT2D eigenvalue weighted by Gasteiger charge is -1.99. The third kappa shape index (κ3) is 1.87. The number of esters is 1. The van der Waals surface area contributed by atoms with Gasteiger partial charge in [-0.3, -0.25) is 4.98 Å². The van der Waals surface area contributed by atoms with Gasteiger partial charge in [0.25, 0.3) is 0 Å². The van der Waals surface area contributed by atoms with Crippen LogP contribution in [0.15, 0.2) is 28.9 Å². The first-order valence-electron chi connectivity index (χ1n) is 5.40. The van der Waals surface area contributed by atoms with Crippen molar-refractivity contribution < 1.29 is 14.6 Å². The molecule has 2 heterocycles. The van der Waals surface area contributed by atoms with Gasteiger partial charge in [-0.15, -0.1) is 11.3 Å². The van der Waals surface area contributed by atoms with Crippen molar-refractivity contribution in [3.8, 4) is 5.75 Å². The van der Waals surface area contributed by atoms with E-state index in [1.807, 2.05) is 18.2 Å². The van der Waals surface area contributed by atoms with Gasteiger partial charge in [-0.1, -0.05) is 22.0 Å². The highest BCUT2D eigenvalue weighted by atomic mass is 79.9. The summed E-state index contributed by atoms with van der Waals surface area (Å²) >= 11 is 4.60. The van der Waals surface area contributed by atoms with E-state index in [4.69, 9.17) is 0 Å². The lowest BCUT2D eigenvalue weighted by molar-refractivity contribution is 0.0603. The summed E-state index contributed by atoms with van der Waals surface area (Å²) in [5.74, 6) is -0.604. The predicted octanol–water partition coefficient (Wildman–Crippen LogP) is 3.70. The zero-order chi connectivity index (χ0) is 13.6. The highest BCUT2D eigenvalue weighted by molar-refractivity contribution is 9.10. The summed E-state index contributed by atoms with van der Waals surface area (Å²) in [7, 11) is 1.29. The second-order valence-corrected chi connectivity index (χ2v) is 5.87. The Balaban J connectivity index is 2.40. The summed E-state index contributed by atoms with van der Waals surface area (Å²) in [6.45, 7) is 0. The van der Waals surface area contributed by atoms with Crippen LogP contribution in [0.5, 0.6) is 5.75 Å². The van der Waals surface area contributed by atoms with E-state index in [1.165, 1.54) is 18.4 Å². The van der Waals surface area contributed by atoms with Crippen molar-refractivity contribution in [2.75, 3.05) is 7.11 Å². The molecule has 0 bridgehead atoms. The molecule has 0 unspecified atom stereocenters. The molecule has 0 radical (unpaired) electrons. The highest BCUT2D eigenvalue weighted by Gasteiger charge is 2.20. The van der Waals surface area contributed by atoms with Crippen LogP contribution in [0.3, 0.4) is 0 Å². The molecule has 19 heavy (non-hydrogen) atoms. The molecule has 0 aliphatic rings. The first-order chi connectivity index (χ1) is 9.11. The van der Waals surface area contributed by atoms with E-state index in [0.29, 0.717) is 5.39 Å². The molecule has 6 heteroatoms. The maximum Gasteiger partial charge on any atom is 0.351 e. The monoisotopic (exact) mass is 337 g/mol. The molecular weight excluding hydrogens is 330 g/mol. The fourth-order valence-electron chi connectivity index (χ4n) is 1.92. The number of carbonyl (C=O) groups excluding carboxylic acids is 1. The lowest BCUT2D eigenvalue weighted by atomic mass is 10.2. The summed E-state index contributed by atoms with van der Waals surface area (Å²) in [6, 6.07) is 5.70. The Morgan fingerprint density at radius 3 is 2.95 bits per heavy atom. The van der Waals surface area contributed by atoms with E-state index in [-0.39, 0.29) is 10.6 Å². The molecule has 4 nitrogen and oxygen atoms in total. The summed E-state index contributed by atoms with van der Waals surface area (Å²) in [4.78, 5) is 16.1. The van der Waals surface area contributed by atoms with E-state index in [1.54, 1.807) is 6.20 Å². The molecule has 0 aliphatic carbocycles. The van der Waals surface area contributed by atoms with Gasteiger partial charge in [0, 0.05) is 20.8 Å². The Labute approximate surface area is 120 Å². The number of methoxy groups -OCH3 is 1. The molecule has 0 amide bonds. The lowest BCUT2D eigenvalue weighted by Crippen LogP contribution is -1.97. The Morgan fingerprint density at radius 2 is 2.21 bits per heavy atom. The van der Waals surface area contributed by atoms with Gasteiger partial charge in [-0.25, -0.2) is 4.79 Å². The van der Waals surface area contributed by atoms with Crippen LogP contribution in [-0.4, -0.2) is 23.2 Å². The molecule has 0 saturated carbocycles. The molecule has 0 atom stereocenters. The molecule has 3 rings (SSSR count). The summed E-state index contributed by atoms with van der Waals surface area (Å²) in [5, 5.41) is 11.5. The van der Waals surface area contributed by atoms with Crippen LogP contribution < -0.4 is 0 Å². The van der Waals surface area contributed by atoms with Crippen LogP contribution in [0.25, 0.3) is 21.0 Å². The average molecular weight is 338 g/mol. The topological polar surface area (TPSA) is 59.4 Å². The van der Waals surface area contributed by atoms with Crippen molar-refractivity contribution in [3.63, 3.8) is 0 Å². The van der Waals surface area contributed by atoms with Gasteiger partial charge < -0.3 is 9.84 Å². The van der Waals surface area contributed by atoms with Crippen LogP contribution in [-0.2, 0) is 4.74 Å². The van der Waals surface area contributed by atoms with Gasteiger partial charge >= 0.3 is 5.97 Å². The van der Waals surface area contributed by atoms with Crippen molar-refractivity contribution >= 4 is 54.2 Å². The van der Waals surface area contributed by atoms with Crippen LogP contribution in [0, 0.1) is 0 Å². The Hall–Kier alpha value is -1.66. The van der Waals surface area contributed by atoms with E-state index in [2.05, 4.69) is 25.7 Å². The van der Waals surface area contributed by atoms with Gasteiger partial charge in [0.1, 0.15) is 5.75 Å². The second-order valence-electron chi connectivity index (χ2n) is 3.93. The van der Waals surface area contributed by atoms with Crippen LogP contribution in [0.4, 0.5) is 0 Å². The fourth-order valence-corrected chi connectivity index (χ4v) is 3.39. The smallest absolute Gasteiger partial charge is 0.351 e. The first kappa shape index (κ1) is 12.4. The molecule has 1 N–H and O–H groups in total. The van der Waals surface area contributed by atoms with Crippen LogP contribution >= 0.6 is 27.3 Å². The molecule has 0 spiro atoms. The minimum atomic E-state index is -0.538. The van der Waals surface area contributed by atoms with Crippen LogP contribution in [0.2, 0.25) is 0 Å². The third-order valence-corrected chi connectivity index (χ3v) is 4.53. The van der Waals surface area contributed by atoms with Crippen molar-refractivity contribution in [2.24, 2.45) is 0 Å². The fraction of sp³-hybridized carbons (Fsp3) is 0.0769. The number of rotatable bonds is 1. The summed E-state index contributed by atoms with van der Waals surface area (Å²) in [6.07, 6.45) is 1.57. The molecular formula is C13H8BrNO3S. The number of fused-ring (bicyclic) bond motifs is 3. The van der Waals surface area contributed by atoms with Gasteiger partial charge in [0.05, 0.1) is 18.0 Å². The normalized spacial score (nSPS) is 11.1. The zero-order valence-corrected chi connectivity index (χ0v) is 12.2. The molecule has 0 saturated heterocycles. The molecule has 0 aliphatic heterocycles. The number of thiophene rings is 1. The number of pyridine rings is 1. The first-order valence-corrected chi connectivity index (χ1v) is 7.01. The molecule has 2 aromatic heterocycles. The van der Waals surface area contributed by atoms with Gasteiger partial charge in [0.15, 0.2) is 4.88 Å². The average Bonchev–Trinajstić information content (AvgIpc) is 2.75. The molecule has 96 valence electrons. The van der Waals surface area contributed by atoms with E-state index in [9.17, 15) is 9.90 Å². The van der Waals surface area contributed by atoms with E-state index < -0.39 is 5.97 Å². The van der Waals surface area contributed by atoms with Crippen LogP contribution in [0.1, 0.15) is 9.67 Å². The van der Waals surface area contributed by atoms with Crippen molar-refractivity contribution in [1.82, 2.24) is 4.98 Å². The largest absolute Gasteiger partial charge is 0.505 e. The van der Waals surface area contributed by atoms with Gasteiger partial charge in [-0.2, -0.15) is 0 Å². The van der Waals surface area contributed by atoms with Crippen molar-refractivity contribution in [3.05, 3.63) is 33.7 Å². The quantitative estimate of drug-likeness (QED) is 0.687. The minimum absolute atomic E-state index is 0.0656. The minimum Gasteiger partial charge on any atom is -0.505 e. The number of nitrogens with zero attached hydrogens (tertiary/aromatic N) is 1. The maximum atomic E-state index is 11.6. The molecule has 0 fully saturated rings. The van der Waals surface area contributed by atoms with Crippen molar-refractivity contribution in [2.45, 2.75) is 0 Å². The Morgan fingerprint density at radius 1 is 1.42 bits per heavy atom. The number of halogens is 1. The number of hydrogen-bond acceptors (Lipinski definition) is 5. The molecule has 3 aromatic rings. The number of carbonyl (C=O) groups is 1. The number of ether oxygens (including phenoxy) is 1. The number of hydrogen-bond donors (Lipinski definition) is 1. The van der Waals surface area contributed by atoms with Gasteiger partial charge in [0.2, 0.25) is 0 Å². The maximum absolute atomic E-state index is 11.6. The second kappa shape index (κ2) is 4.47. The molecule has 1 aromatic carbocycles. The third-order valence-electron chi connectivity index (χ3n) is 2.83. The number of aromatic hydroxyl groups is 1. The Kier molecular flexibility index (Phi) is 2.91. The summed E-state index contributed by atoms with van der Waals surface area (Å²) < 4.78 is 6.42. The zero-order valence-electron chi connectivity index (χ0n) is 9.81. The van der Waals surface area contributed by atoms with Gasteiger partial charge in [-0.05, 0) is 12.1 Å². The predicted molar refractivity (Wildman–Crippen MR) is 77.8 cm³/mol. The standard InChI is InChI=1S/C13H8BrNO3S/c1-18-13(17)12-10(16)8-5-15-9-4-6(14)2-3-7(9)11(8)19-12/h2-5,16H,1H3. The van der Waals surface area contributed by atoms with Crippen molar-refractivity contribution in [1.29, 1.82) is 0 Å². The number of benzene rings is 1. The summed E-state index contributed by atoms with van der Waals surface area (Å²) in [5.41, 5.74) is 0.805. The van der Waals surface area contributed by atoms with E-state index in [0.717, 1.165) is 20.1 Å². The van der Waals surface area contributed by atoms with E-state index >= 15 is 0 Å².